The Morgan fingerprint density at radius 1 is 1.47 bits per heavy atom. The lowest BCUT2D eigenvalue weighted by atomic mass is 10.2. The third-order valence-electron chi connectivity index (χ3n) is 2.64. The molecule has 1 aromatic carbocycles. The molecule has 0 saturated carbocycles. The van der Waals surface area contributed by atoms with Crippen LogP contribution >= 0.6 is 0 Å². The lowest BCUT2D eigenvalue weighted by molar-refractivity contribution is 0.0695. The Kier molecular flexibility index (Phi) is 3.79. The standard InChI is InChI=1S/C13H13FN2O3/c1-9-15-2-3-16(9)4-5-19-12-7-10(13(17)18)6-11(14)8-12/h2-3,6-8H,4-5H2,1H3,(H,17,18). The summed E-state index contributed by atoms with van der Waals surface area (Å²) in [7, 11) is 0. The summed E-state index contributed by atoms with van der Waals surface area (Å²) in [6.45, 7) is 2.73. The van der Waals surface area contributed by atoms with Gasteiger partial charge in [-0.3, -0.25) is 0 Å². The summed E-state index contributed by atoms with van der Waals surface area (Å²) in [4.78, 5) is 14.8. The van der Waals surface area contributed by atoms with Crippen LogP contribution in [0.25, 0.3) is 0 Å². The zero-order valence-corrected chi connectivity index (χ0v) is 10.3. The fraction of sp³-hybridized carbons (Fsp3) is 0.231. The number of rotatable bonds is 5. The van der Waals surface area contributed by atoms with Crippen LogP contribution in [0.3, 0.4) is 0 Å². The van der Waals surface area contributed by atoms with E-state index in [2.05, 4.69) is 4.98 Å². The number of carboxylic acids is 1. The van der Waals surface area contributed by atoms with E-state index in [0.29, 0.717) is 13.2 Å². The number of nitrogens with zero attached hydrogens (tertiary/aromatic N) is 2. The number of ether oxygens (including phenoxy) is 1. The number of aromatic carboxylic acids is 1. The van der Waals surface area contributed by atoms with Crippen LogP contribution in [0.5, 0.6) is 5.75 Å². The van der Waals surface area contributed by atoms with Crippen LogP contribution in [0.4, 0.5) is 4.39 Å². The van der Waals surface area contributed by atoms with Gasteiger partial charge in [0, 0.05) is 18.5 Å². The number of carbonyl (C=O) groups is 1. The zero-order chi connectivity index (χ0) is 13.8. The van der Waals surface area contributed by atoms with Gasteiger partial charge in [-0.2, -0.15) is 0 Å². The van der Waals surface area contributed by atoms with Crippen molar-refractivity contribution in [2.45, 2.75) is 13.5 Å². The molecule has 2 rings (SSSR count). The monoisotopic (exact) mass is 264 g/mol. The van der Waals surface area contributed by atoms with E-state index in [4.69, 9.17) is 9.84 Å². The molecule has 0 radical (unpaired) electrons. The molecule has 2 aromatic rings. The molecule has 0 atom stereocenters. The highest BCUT2D eigenvalue weighted by Gasteiger charge is 2.08. The SMILES string of the molecule is Cc1nccn1CCOc1cc(F)cc(C(=O)O)c1. The van der Waals surface area contributed by atoms with Crippen molar-refractivity contribution in [3.05, 3.63) is 47.8 Å². The highest BCUT2D eigenvalue weighted by atomic mass is 19.1. The number of carboxylic acid groups (broad SMARTS) is 1. The van der Waals surface area contributed by atoms with Gasteiger partial charge in [0.2, 0.25) is 0 Å². The van der Waals surface area contributed by atoms with Crippen LogP contribution in [0, 0.1) is 12.7 Å². The first-order valence-electron chi connectivity index (χ1n) is 5.70. The normalized spacial score (nSPS) is 10.4. The Labute approximate surface area is 109 Å². The largest absolute Gasteiger partial charge is 0.492 e. The van der Waals surface area contributed by atoms with Crippen LogP contribution in [0.2, 0.25) is 0 Å². The van der Waals surface area contributed by atoms with Crippen molar-refractivity contribution in [2.75, 3.05) is 6.61 Å². The first-order valence-corrected chi connectivity index (χ1v) is 5.70. The van der Waals surface area contributed by atoms with Crippen LogP contribution in [0.15, 0.2) is 30.6 Å². The van der Waals surface area contributed by atoms with Gasteiger partial charge in [0.25, 0.3) is 0 Å². The quantitative estimate of drug-likeness (QED) is 0.898. The Morgan fingerprint density at radius 3 is 2.89 bits per heavy atom. The average molecular weight is 264 g/mol. The molecule has 1 heterocycles. The van der Waals surface area contributed by atoms with Gasteiger partial charge >= 0.3 is 5.97 Å². The van der Waals surface area contributed by atoms with Crippen molar-refractivity contribution >= 4 is 5.97 Å². The Hall–Kier alpha value is -2.37. The van der Waals surface area contributed by atoms with Crippen LogP contribution < -0.4 is 4.74 Å². The molecule has 1 aromatic heterocycles. The highest BCUT2D eigenvalue weighted by Crippen LogP contribution is 2.16. The molecule has 0 bridgehead atoms. The number of imidazole rings is 1. The summed E-state index contributed by atoms with van der Waals surface area (Å²) in [6, 6.07) is 3.41. The maximum Gasteiger partial charge on any atom is 0.335 e. The summed E-state index contributed by atoms with van der Waals surface area (Å²) in [6.07, 6.45) is 3.49. The Morgan fingerprint density at radius 2 is 2.26 bits per heavy atom. The number of hydrogen-bond acceptors (Lipinski definition) is 3. The Bertz CT molecular complexity index is 595. The van der Waals surface area contributed by atoms with Crippen molar-refractivity contribution in [1.29, 1.82) is 0 Å². The molecule has 100 valence electrons. The number of hydrogen-bond donors (Lipinski definition) is 1. The van der Waals surface area contributed by atoms with Crippen molar-refractivity contribution in [3.8, 4) is 5.75 Å². The zero-order valence-electron chi connectivity index (χ0n) is 10.3. The number of halogens is 1. The summed E-state index contributed by atoms with van der Waals surface area (Å²) >= 11 is 0. The molecule has 1 N–H and O–H groups in total. The molecule has 0 fully saturated rings. The van der Waals surface area contributed by atoms with E-state index in [0.717, 1.165) is 18.0 Å². The molecule has 0 aliphatic rings. The van der Waals surface area contributed by atoms with E-state index in [9.17, 15) is 9.18 Å². The second-order valence-corrected chi connectivity index (χ2v) is 4.00. The van der Waals surface area contributed by atoms with E-state index < -0.39 is 11.8 Å². The van der Waals surface area contributed by atoms with Crippen molar-refractivity contribution < 1.29 is 19.0 Å². The molecular weight excluding hydrogens is 251 g/mol. The first-order chi connectivity index (χ1) is 9.06. The third-order valence-corrected chi connectivity index (χ3v) is 2.64. The van der Waals surface area contributed by atoms with E-state index in [-0.39, 0.29) is 11.3 Å². The van der Waals surface area contributed by atoms with Gasteiger partial charge in [-0.25, -0.2) is 14.2 Å². The summed E-state index contributed by atoms with van der Waals surface area (Å²) in [5.41, 5.74) is -0.131. The van der Waals surface area contributed by atoms with E-state index in [1.165, 1.54) is 6.07 Å². The lowest BCUT2D eigenvalue weighted by Gasteiger charge is -2.09. The molecule has 6 heteroatoms. The molecule has 0 saturated heterocycles. The topological polar surface area (TPSA) is 64.4 Å². The fourth-order valence-electron chi connectivity index (χ4n) is 1.67. The second-order valence-electron chi connectivity index (χ2n) is 4.00. The molecule has 5 nitrogen and oxygen atoms in total. The molecule has 0 amide bonds. The average Bonchev–Trinajstić information content (AvgIpc) is 2.74. The summed E-state index contributed by atoms with van der Waals surface area (Å²) in [5.74, 6) is -0.757. The van der Waals surface area contributed by atoms with Crippen LogP contribution in [-0.4, -0.2) is 27.2 Å². The second kappa shape index (κ2) is 5.51. The molecule has 0 aliphatic heterocycles. The Balaban J connectivity index is 2.00. The molecule has 19 heavy (non-hydrogen) atoms. The van der Waals surface area contributed by atoms with Crippen LogP contribution in [-0.2, 0) is 6.54 Å². The fourth-order valence-corrected chi connectivity index (χ4v) is 1.67. The van der Waals surface area contributed by atoms with Crippen molar-refractivity contribution in [3.63, 3.8) is 0 Å². The minimum Gasteiger partial charge on any atom is -0.492 e. The van der Waals surface area contributed by atoms with Crippen molar-refractivity contribution in [1.82, 2.24) is 9.55 Å². The summed E-state index contributed by atoms with van der Waals surface area (Å²) < 4.78 is 20.4. The number of aromatic nitrogens is 2. The minimum absolute atomic E-state index is 0.131. The van der Waals surface area contributed by atoms with E-state index >= 15 is 0 Å². The van der Waals surface area contributed by atoms with Gasteiger partial charge in [0.1, 0.15) is 24.0 Å². The van der Waals surface area contributed by atoms with Gasteiger partial charge in [-0.05, 0) is 19.1 Å². The maximum absolute atomic E-state index is 13.2. The van der Waals surface area contributed by atoms with Gasteiger partial charge in [0.15, 0.2) is 0 Å². The molecular formula is C13H13FN2O3. The number of benzene rings is 1. The lowest BCUT2D eigenvalue weighted by Crippen LogP contribution is -2.09. The van der Waals surface area contributed by atoms with Gasteiger partial charge in [-0.1, -0.05) is 0 Å². The summed E-state index contributed by atoms with van der Waals surface area (Å²) in [5, 5.41) is 8.81. The molecule has 0 aliphatic carbocycles. The van der Waals surface area contributed by atoms with Crippen molar-refractivity contribution in [2.24, 2.45) is 0 Å². The minimum atomic E-state index is -1.19. The maximum atomic E-state index is 13.2. The highest BCUT2D eigenvalue weighted by molar-refractivity contribution is 5.88. The van der Waals surface area contributed by atoms with Gasteiger partial charge in [0.05, 0.1) is 12.1 Å². The van der Waals surface area contributed by atoms with Crippen LogP contribution in [0.1, 0.15) is 16.2 Å². The molecule has 0 spiro atoms. The van der Waals surface area contributed by atoms with E-state index in [1.54, 1.807) is 6.20 Å². The predicted molar refractivity (Wildman–Crippen MR) is 65.8 cm³/mol. The third kappa shape index (κ3) is 3.31. The predicted octanol–water partition coefficient (Wildman–Crippen LogP) is 2.11. The number of aryl methyl sites for hydroxylation is 1. The smallest absolute Gasteiger partial charge is 0.335 e. The van der Waals surface area contributed by atoms with Gasteiger partial charge in [-0.15, -0.1) is 0 Å². The first kappa shape index (κ1) is 13.1. The van der Waals surface area contributed by atoms with E-state index in [1.807, 2.05) is 17.7 Å². The molecule has 0 unspecified atom stereocenters. The van der Waals surface area contributed by atoms with Gasteiger partial charge < -0.3 is 14.4 Å².